The van der Waals surface area contributed by atoms with Crippen LogP contribution >= 0.6 is 11.3 Å². The van der Waals surface area contributed by atoms with Crippen molar-refractivity contribution in [2.45, 2.75) is 6.92 Å². The second-order valence-electron chi connectivity index (χ2n) is 4.44. The largest absolute Gasteiger partial charge is 0.464 e. The van der Waals surface area contributed by atoms with Crippen molar-refractivity contribution in [3.63, 3.8) is 0 Å². The van der Waals surface area contributed by atoms with Gasteiger partial charge in [-0.2, -0.15) is 0 Å². The number of nitrogen functional groups attached to an aromatic ring is 1. The van der Waals surface area contributed by atoms with Gasteiger partial charge in [-0.1, -0.05) is 18.2 Å². The minimum Gasteiger partial charge on any atom is -0.464 e. The van der Waals surface area contributed by atoms with Gasteiger partial charge in [-0.25, -0.2) is 9.78 Å². The van der Waals surface area contributed by atoms with Crippen LogP contribution in [0, 0.1) is 6.92 Å². The molecule has 3 rings (SSSR count). The summed E-state index contributed by atoms with van der Waals surface area (Å²) in [6.07, 6.45) is 0. The summed E-state index contributed by atoms with van der Waals surface area (Å²) < 4.78 is 4.85. The Morgan fingerprint density at radius 2 is 2.25 bits per heavy atom. The van der Waals surface area contributed by atoms with Crippen LogP contribution in [0.25, 0.3) is 22.2 Å². The van der Waals surface area contributed by atoms with Crippen LogP contribution in [0.3, 0.4) is 0 Å². The minimum absolute atomic E-state index is 0.405. The van der Waals surface area contributed by atoms with E-state index in [2.05, 4.69) is 9.97 Å². The molecule has 0 amide bonds. The zero-order valence-corrected chi connectivity index (χ0v) is 11.9. The van der Waals surface area contributed by atoms with Crippen molar-refractivity contribution in [1.82, 2.24) is 9.97 Å². The number of anilines is 1. The van der Waals surface area contributed by atoms with E-state index in [1.807, 2.05) is 30.5 Å². The SMILES string of the molecule is COC(=O)c1[nH]c2c(C)cccc2c1-c1csc(N)n1. The molecule has 20 heavy (non-hydrogen) atoms. The van der Waals surface area contributed by atoms with Gasteiger partial charge in [-0.05, 0) is 12.5 Å². The number of H-pyrrole nitrogens is 1. The summed E-state index contributed by atoms with van der Waals surface area (Å²) in [5.74, 6) is -0.415. The molecule has 6 heteroatoms. The molecule has 0 fully saturated rings. The first kappa shape index (κ1) is 12.7. The summed E-state index contributed by atoms with van der Waals surface area (Å²) in [6.45, 7) is 1.99. The van der Waals surface area contributed by atoms with Crippen molar-refractivity contribution in [3.05, 3.63) is 34.8 Å². The van der Waals surface area contributed by atoms with E-state index in [0.29, 0.717) is 16.5 Å². The molecule has 0 aliphatic heterocycles. The van der Waals surface area contributed by atoms with Gasteiger partial charge in [0.05, 0.1) is 12.8 Å². The van der Waals surface area contributed by atoms with Gasteiger partial charge in [0.1, 0.15) is 5.69 Å². The number of nitrogens with two attached hydrogens (primary N) is 1. The minimum atomic E-state index is -0.415. The average molecular weight is 287 g/mol. The molecule has 0 saturated heterocycles. The molecule has 1 aromatic carbocycles. The predicted octanol–water partition coefficient (Wildman–Crippen LogP) is 2.97. The number of para-hydroxylation sites is 1. The van der Waals surface area contributed by atoms with E-state index in [1.165, 1.54) is 18.4 Å². The van der Waals surface area contributed by atoms with Crippen molar-refractivity contribution < 1.29 is 9.53 Å². The van der Waals surface area contributed by atoms with E-state index in [4.69, 9.17) is 10.5 Å². The van der Waals surface area contributed by atoms with Crippen LogP contribution in [-0.2, 0) is 4.74 Å². The normalized spacial score (nSPS) is 10.9. The lowest BCUT2D eigenvalue weighted by Gasteiger charge is -2.00. The molecular formula is C14H13N3O2S. The van der Waals surface area contributed by atoms with E-state index in [0.717, 1.165) is 22.0 Å². The monoisotopic (exact) mass is 287 g/mol. The number of aromatic nitrogens is 2. The molecule has 0 saturated carbocycles. The van der Waals surface area contributed by atoms with Gasteiger partial charge in [0.25, 0.3) is 0 Å². The Hall–Kier alpha value is -2.34. The van der Waals surface area contributed by atoms with Gasteiger partial charge in [-0.3, -0.25) is 0 Å². The Bertz CT molecular complexity index is 804. The van der Waals surface area contributed by atoms with Crippen molar-refractivity contribution >= 4 is 33.3 Å². The molecular weight excluding hydrogens is 274 g/mol. The summed E-state index contributed by atoms with van der Waals surface area (Å²) in [5.41, 5.74) is 9.50. The van der Waals surface area contributed by atoms with Gasteiger partial charge in [-0.15, -0.1) is 11.3 Å². The Kier molecular flexibility index (Phi) is 2.94. The van der Waals surface area contributed by atoms with E-state index in [1.54, 1.807) is 0 Å². The lowest BCUT2D eigenvalue weighted by molar-refractivity contribution is 0.0596. The number of hydrogen-bond acceptors (Lipinski definition) is 5. The summed E-state index contributed by atoms with van der Waals surface area (Å²) in [5, 5.41) is 3.25. The van der Waals surface area contributed by atoms with E-state index >= 15 is 0 Å². The van der Waals surface area contributed by atoms with E-state index in [9.17, 15) is 4.79 Å². The van der Waals surface area contributed by atoms with Gasteiger partial charge < -0.3 is 15.5 Å². The molecule has 0 bridgehead atoms. The summed E-state index contributed by atoms with van der Waals surface area (Å²) in [4.78, 5) is 19.4. The first-order chi connectivity index (χ1) is 9.61. The molecule has 0 aliphatic rings. The van der Waals surface area contributed by atoms with Crippen LogP contribution in [-0.4, -0.2) is 23.0 Å². The summed E-state index contributed by atoms with van der Waals surface area (Å²) in [7, 11) is 1.36. The fraction of sp³-hybridized carbons (Fsp3) is 0.143. The molecule has 0 unspecified atom stereocenters. The van der Waals surface area contributed by atoms with Crippen LogP contribution in [0.5, 0.6) is 0 Å². The molecule has 0 spiro atoms. The van der Waals surface area contributed by atoms with E-state index in [-0.39, 0.29) is 0 Å². The number of benzene rings is 1. The molecule has 5 nitrogen and oxygen atoms in total. The van der Waals surface area contributed by atoms with Crippen molar-refractivity contribution in [1.29, 1.82) is 0 Å². The lowest BCUT2D eigenvalue weighted by atomic mass is 10.1. The molecule has 0 radical (unpaired) electrons. The third kappa shape index (κ3) is 1.85. The molecule has 3 aromatic rings. The molecule has 2 aromatic heterocycles. The maximum Gasteiger partial charge on any atom is 0.355 e. The Morgan fingerprint density at radius 3 is 2.90 bits per heavy atom. The number of aromatic amines is 1. The quantitative estimate of drug-likeness (QED) is 0.710. The Balaban J connectivity index is 2.37. The highest BCUT2D eigenvalue weighted by molar-refractivity contribution is 7.13. The zero-order chi connectivity index (χ0) is 14.3. The number of nitrogens with zero attached hydrogens (tertiary/aromatic N) is 1. The van der Waals surface area contributed by atoms with Crippen LogP contribution in [0.2, 0.25) is 0 Å². The third-order valence-electron chi connectivity index (χ3n) is 3.21. The first-order valence-corrected chi connectivity index (χ1v) is 6.90. The molecule has 3 N–H and O–H groups in total. The fourth-order valence-corrected chi connectivity index (χ4v) is 2.84. The van der Waals surface area contributed by atoms with Crippen LogP contribution in [0.1, 0.15) is 16.1 Å². The maximum atomic E-state index is 12.0. The standard InChI is InChI=1S/C14H13N3O2S/c1-7-4-3-5-8-10(9-6-20-14(15)16-9)12(13(18)19-2)17-11(7)8/h3-6,17H,1-2H3,(H2,15,16). The number of methoxy groups -OCH3 is 1. The number of hydrogen-bond donors (Lipinski definition) is 2. The third-order valence-corrected chi connectivity index (χ3v) is 3.88. The second-order valence-corrected chi connectivity index (χ2v) is 5.32. The van der Waals surface area contributed by atoms with Crippen LogP contribution in [0.15, 0.2) is 23.6 Å². The van der Waals surface area contributed by atoms with Crippen molar-refractivity contribution in [3.8, 4) is 11.3 Å². The van der Waals surface area contributed by atoms with Gasteiger partial charge in [0.2, 0.25) is 0 Å². The highest BCUT2D eigenvalue weighted by Crippen LogP contribution is 2.35. The van der Waals surface area contributed by atoms with Gasteiger partial charge >= 0.3 is 5.97 Å². The summed E-state index contributed by atoms with van der Waals surface area (Å²) in [6, 6.07) is 5.89. The second kappa shape index (κ2) is 4.64. The number of fused-ring (bicyclic) bond motifs is 1. The molecule has 0 aliphatic carbocycles. The Labute approximate surface area is 119 Å². The zero-order valence-electron chi connectivity index (χ0n) is 11.1. The molecule has 102 valence electrons. The number of rotatable bonds is 2. The fourth-order valence-electron chi connectivity index (χ4n) is 2.29. The average Bonchev–Trinajstić information content (AvgIpc) is 3.02. The van der Waals surface area contributed by atoms with Crippen molar-refractivity contribution in [2.24, 2.45) is 0 Å². The lowest BCUT2D eigenvalue weighted by Crippen LogP contribution is -2.03. The Morgan fingerprint density at radius 1 is 1.45 bits per heavy atom. The van der Waals surface area contributed by atoms with Crippen LogP contribution in [0.4, 0.5) is 5.13 Å². The first-order valence-electron chi connectivity index (χ1n) is 6.02. The number of carbonyl (C=O) groups is 1. The topological polar surface area (TPSA) is 81.0 Å². The summed E-state index contributed by atoms with van der Waals surface area (Å²) >= 11 is 1.34. The van der Waals surface area contributed by atoms with Crippen LogP contribution < -0.4 is 5.73 Å². The predicted molar refractivity (Wildman–Crippen MR) is 79.9 cm³/mol. The number of ether oxygens (including phenoxy) is 1. The maximum absolute atomic E-state index is 12.0. The smallest absolute Gasteiger partial charge is 0.355 e. The molecule has 0 atom stereocenters. The number of thiazole rings is 1. The molecule has 2 heterocycles. The number of aryl methyl sites for hydroxylation is 1. The number of carbonyl (C=O) groups excluding carboxylic acids is 1. The number of nitrogens with one attached hydrogen (secondary N) is 1. The van der Waals surface area contributed by atoms with Gasteiger partial charge in [0, 0.05) is 21.8 Å². The highest BCUT2D eigenvalue weighted by atomic mass is 32.1. The van der Waals surface area contributed by atoms with Crippen molar-refractivity contribution in [2.75, 3.05) is 12.8 Å². The number of esters is 1. The highest BCUT2D eigenvalue weighted by Gasteiger charge is 2.22. The van der Waals surface area contributed by atoms with E-state index < -0.39 is 5.97 Å². The van der Waals surface area contributed by atoms with Gasteiger partial charge in [0.15, 0.2) is 5.13 Å².